The Morgan fingerprint density at radius 1 is 1.53 bits per heavy atom. The zero-order valence-corrected chi connectivity index (χ0v) is 13.3. The molecule has 0 saturated carbocycles. The molecule has 2 heterocycles. The fourth-order valence-electron chi connectivity index (χ4n) is 2.89. The van der Waals surface area contributed by atoms with Crippen LogP contribution in [0.4, 0.5) is 0 Å². The van der Waals surface area contributed by atoms with Crippen LogP contribution in [-0.4, -0.2) is 29.0 Å². The maximum atomic E-state index is 4.75. The predicted octanol–water partition coefficient (Wildman–Crippen LogP) is 3.26. The normalized spacial score (nSPS) is 20.5. The van der Waals surface area contributed by atoms with Gasteiger partial charge < -0.3 is 5.32 Å². The van der Waals surface area contributed by atoms with Gasteiger partial charge in [-0.15, -0.1) is 11.3 Å². The minimum absolute atomic E-state index is 0.753. The minimum Gasteiger partial charge on any atom is -0.310 e. The second-order valence-electron chi connectivity index (χ2n) is 5.83. The van der Waals surface area contributed by atoms with Gasteiger partial charge in [0.1, 0.15) is 5.01 Å². The van der Waals surface area contributed by atoms with Crippen LogP contribution in [0.15, 0.2) is 5.38 Å². The Kier molecular flexibility index (Phi) is 5.79. The number of aromatic nitrogens is 1. The average molecular weight is 281 g/mol. The van der Waals surface area contributed by atoms with E-state index in [1.165, 1.54) is 36.5 Å². The number of hydrogen-bond donors (Lipinski definition) is 1. The molecule has 1 aliphatic rings. The maximum Gasteiger partial charge on any atom is 0.107 e. The SMILES string of the molecule is CCCNCc1nc(CN2CCCC2C(C)C)cs1. The van der Waals surface area contributed by atoms with E-state index in [1.807, 2.05) is 0 Å². The van der Waals surface area contributed by atoms with Crippen molar-refractivity contribution >= 4 is 11.3 Å². The fraction of sp³-hybridized carbons (Fsp3) is 0.800. The molecule has 1 aromatic rings. The molecule has 1 N–H and O–H groups in total. The summed E-state index contributed by atoms with van der Waals surface area (Å²) < 4.78 is 0. The summed E-state index contributed by atoms with van der Waals surface area (Å²) in [6.07, 6.45) is 3.88. The molecule has 2 rings (SSSR count). The molecule has 1 unspecified atom stereocenters. The highest BCUT2D eigenvalue weighted by Crippen LogP contribution is 2.25. The zero-order chi connectivity index (χ0) is 13.7. The molecule has 108 valence electrons. The highest BCUT2D eigenvalue weighted by molar-refractivity contribution is 7.09. The number of nitrogens with zero attached hydrogens (tertiary/aromatic N) is 2. The first-order chi connectivity index (χ1) is 9.20. The molecule has 0 amide bonds. The molecule has 3 nitrogen and oxygen atoms in total. The molecule has 19 heavy (non-hydrogen) atoms. The maximum absolute atomic E-state index is 4.75. The van der Waals surface area contributed by atoms with Gasteiger partial charge in [-0.1, -0.05) is 20.8 Å². The summed E-state index contributed by atoms with van der Waals surface area (Å²) in [6, 6.07) is 0.753. The van der Waals surface area contributed by atoms with Gasteiger partial charge in [0.05, 0.1) is 5.69 Å². The average Bonchev–Trinajstić information content (AvgIpc) is 2.99. The molecule has 1 atom stereocenters. The lowest BCUT2D eigenvalue weighted by atomic mass is 10.0. The van der Waals surface area contributed by atoms with E-state index in [1.54, 1.807) is 11.3 Å². The highest BCUT2D eigenvalue weighted by Gasteiger charge is 2.27. The van der Waals surface area contributed by atoms with Gasteiger partial charge in [0.15, 0.2) is 0 Å². The van der Waals surface area contributed by atoms with Gasteiger partial charge in [0, 0.05) is 24.5 Å². The molecule has 1 fully saturated rings. The van der Waals surface area contributed by atoms with Crippen molar-refractivity contribution in [1.82, 2.24) is 15.2 Å². The monoisotopic (exact) mass is 281 g/mol. The summed E-state index contributed by atoms with van der Waals surface area (Å²) in [7, 11) is 0. The molecule has 0 radical (unpaired) electrons. The Labute approximate surface area is 121 Å². The molecular weight excluding hydrogens is 254 g/mol. The van der Waals surface area contributed by atoms with Crippen LogP contribution >= 0.6 is 11.3 Å². The molecule has 0 aliphatic carbocycles. The molecule has 0 aromatic carbocycles. The van der Waals surface area contributed by atoms with E-state index in [-0.39, 0.29) is 0 Å². The van der Waals surface area contributed by atoms with E-state index in [9.17, 15) is 0 Å². The van der Waals surface area contributed by atoms with Crippen LogP contribution in [0.25, 0.3) is 0 Å². The topological polar surface area (TPSA) is 28.2 Å². The molecule has 1 aliphatic heterocycles. The van der Waals surface area contributed by atoms with Gasteiger partial charge in [0.25, 0.3) is 0 Å². The second-order valence-corrected chi connectivity index (χ2v) is 6.78. The van der Waals surface area contributed by atoms with Crippen LogP contribution in [0.3, 0.4) is 0 Å². The number of rotatable bonds is 7. The predicted molar refractivity (Wildman–Crippen MR) is 82.4 cm³/mol. The molecule has 0 bridgehead atoms. The number of likely N-dealkylation sites (tertiary alicyclic amines) is 1. The third kappa shape index (κ3) is 4.26. The van der Waals surface area contributed by atoms with Gasteiger partial charge >= 0.3 is 0 Å². The van der Waals surface area contributed by atoms with E-state index >= 15 is 0 Å². The standard InChI is InChI=1S/C15H27N3S/c1-4-7-16-9-15-17-13(11-19-15)10-18-8-5-6-14(18)12(2)3/h11-12,14,16H,4-10H2,1-3H3. The van der Waals surface area contributed by atoms with Crippen LogP contribution in [0.1, 0.15) is 50.7 Å². The first kappa shape index (κ1) is 14.9. The van der Waals surface area contributed by atoms with Gasteiger partial charge in [-0.3, -0.25) is 4.90 Å². The van der Waals surface area contributed by atoms with Crippen LogP contribution in [0.2, 0.25) is 0 Å². The van der Waals surface area contributed by atoms with Crippen LogP contribution < -0.4 is 5.32 Å². The van der Waals surface area contributed by atoms with Crippen molar-refractivity contribution in [3.05, 3.63) is 16.1 Å². The number of hydrogen-bond acceptors (Lipinski definition) is 4. The lowest BCUT2D eigenvalue weighted by Crippen LogP contribution is -2.32. The summed E-state index contributed by atoms with van der Waals surface area (Å²) in [4.78, 5) is 7.37. The van der Waals surface area contributed by atoms with Crippen LogP contribution in [0, 0.1) is 5.92 Å². The smallest absolute Gasteiger partial charge is 0.107 e. The first-order valence-corrected chi connectivity index (χ1v) is 8.46. The number of nitrogens with one attached hydrogen (secondary N) is 1. The summed E-state index contributed by atoms with van der Waals surface area (Å²) in [5.41, 5.74) is 1.26. The van der Waals surface area contributed by atoms with Crippen LogP contribution in [-0.2, 0) is 13.1 Å². The summed E-state index contributed by atoms with van der Waals surface area (Å²) in [5, 5.41) is 6.88. The van der Waals surface area contributed by atoms with E-state index in [0.717, 1.165) is 31.6 Å². The lowest BCUT2D eigenvalue weighted by Gasteiger charge is -2.26. The minimum atomic E-state index is 0.753. The second kappa shape index (κ2) is 7.36. The lowest BCUT2D eigenvalue weighted by molar-refractivity contribution is 0.197. The Balaban J connectivity index is 1.85. The van der Waals surface area contributed by atoms with Crippen molar-refractivity contribution in [3.8, 4) is 0 Å². The van der Waals surface area contributed by atoms with Gasteiger partial charge in [0.2, 0.25) is 0 Å². The van der Waals surface area contributed by atoms with Crippen molar-refractivity contribution in [2.75, 3.05) is 13.1 Å². The van der Waals surface area contributed by atoms with Crippen molar-refractivity contribution in [3.63, 3.8) is 0 Å². The molecule has 1 aromatic heterocycles. The molecule has 1 saturated heterocycles. The van der Waals surface area contributed by atoms with Crippen LogP contribution in [0.5, 0.6) is 0 Å². The highest BCUT2D eigenvalue weighted by atomic mass is 32.1. The van der Waals surface area contributed by atoms with Crippen molar-refractivity contribution < 1.29 is 0 Å². The Bertz CT molecular complexity index is 375. The van der Waals surface area contributed by atoms with Crippen molar-refractivity contribution in [2.24, 2.45) is 5.92 Å². The quantitative estimate of drug-likeness (QED) is 0.778. The zero-order valence-electron chi connectivity index (χ0n) is 12.5. The summed E-state index contributed by atoms with van der Waals surface area (Å²) in [6.45, 7) is 11.1. The Morgan fingerprint density at radius 3 is 3.11 bits per heavy atom. The summed E-state index contributed by atoms with van der Waals surface area (Å²) in [5.74, 6) is 0.756. The summed E-state index contributed by atoms with van der Waals surface area (Å²) >= 11 is 1.79. The fourth-order valence-corrected chi connectivity index (χ4v) is 3.64. The molecular formula is C15H27N3S. The van der Waals surface area contributed by atoms with Gasteiger partial charge in [-0.05, 0) is 38.3 Å². The molecule has 0 spiro atoms. The Hall–Kier alpha value is -0.450. The van der Waals surface area contributed by atoms with E-state index in [4.69, 9.17) is 4.98 Å². The van der Waals surface area contributed by atoms with Gasteiger partial charge in [-0.2, -0.15) is 0 Å². The van der Waals surface area contributed by atoms with E-state index < -0.39 is 0 Å². The number of thiazole rings is 1. The largest absolute Gasteiger partial charge is 0.310 e. The van der Waals surface area contributed by atoms with E-state index in [0.29, 0.717) is 0 Å². The van der Waals surface area contributed by atoms with Gasteiger partial charge in [-0.25, -0.2) is 4.98 Å². The third-order valence-corrected chi connectivity index (χ3v) is 4.75. The molecule has 4 heteroatoms. The third-order valence-electron chi connectivity index (χ3n) is 3.85. The van der Waals surface area contributed by atoms with E-state index in [2.05, 4.69) is 36.4 Å². The Morgan fingerprint density at radius 2 is 2.37 bits per heavy atom. The first-order valence-electron chi connectivity index (χ1n) is 7.58. The van der Waals surface area contributed by atoms with Crippen molar-refractivity contribution in [2.45, 2.75) is 59.2 Å². The van der Waals surface area contributed by atoms with Crippen molar-refractivity contribution in [1.29, 1.82) is 0 Å².